The Morgan fingerprint density at radius 2 is 2.14 bits per heavy atom. The molecule has 1 saturated carbocycles. The number of ketones is 1. The van der Waals surface area contributed by atoms with E-state index in [1.54, 1.807) is 20.3 Å². The zero-order chi connectivity index (χ0) is 14.8. The fraction of sp³-hybridized carbons (Fsp3) is 0.400. The van der Waals surface area contributed by atoms with Crippen LogP contribution in [-0.2, 0) is 6.42 Å². The van der Waals surface area contributed by atoms with Crippen LogP contribution >= 0.6 is 11.5 Å². The highest BCUT2D eigenvalue weighted by atomic mass is 32.1. The smallest absolute Gasteiger partial charge is 0.180 e. The van der Waals surface area contributed by atoms with E-state index in [9.17, 15) is 4.79 Å². The monoisotopic (exact) mass is 304 g/mol. The Morgan fingerprint density at radius 3 is 2.81 bits per heavy atom. The number of carbonyl (C=O) groups is 1. The van der Waals surface area contributed by atoms with Crippen LogP contribution in [0.2, 0.25) is 0 Å². The minimum Gasteiger partial charge on any atom is -0.497 e. The lowest BCUT2D eigenvalue weighted by molar-refractivity contribution is 0.0995. The zero-order valence-corrected chi connectivity index (χ0v) is 12.8. The van der Waals surface area contributed by atoms with Gasteiger partial charge in [0.05, 0.1) is 19.9 Å². The van der Waals surface area contributed by atoms with Gasteiger partial charge in [0.2, 0.25) is 0 Å². The number of carbonyl (C=O) groups excluding carboxylic acids is 1. The summed E-state index contributed by atoms with van der Waals surface area (Å²) in [7, 11) is 3.19. The van der Waals surface area contributed by atoms with E-state index in [0.717, 1.165) is 24.1 Å². The molecule has 1 aliphatic rings. The number of hydrogen-bond donors (Lipinski definition) is 0. The molecule has 110 valence electrons. The van der Waals surface area contributed by atoms with Gasteiger partial charge in [-0.05, 0) is 30.4 Å². The lowest BCUT2D eigenvalue weighted by Crippen LogP contribution is -2.06. The van der Waals surface area contributed by atoms with Crippen molar-refractivity contribution in [2.75, 3.05) is 14.2 Å². The molecule has 0 bridgehead atoms. The molecule has 1 fully saturated rings. The summed E-state index contributed by atoms with van der Waals surface area (Å²) in [6.07, 6.45) is 2.51. The molecular formula is C15H16N2O3S. The number of rotatable bonds is 6. The summed E-state index contributed by atoms with van der Waals surface area (Å²) >= 11 is 1.19. The first-order chi connectivity index (χ1) is 10.2. The van der Waals surface area contributed by atoms with Crippen molar-refractivity contribution in [3.63, 3.8) is 0 Å². The third-order valence-corrected chi connectivity index (χ3v) is 4.36. The molecule has 5 nitrogen and oxygen atoms in total. The average Bonchev–Trinajstić information content (AvgIpc) is 3.24. The third-order valence-electron chi connectivity index (χ3n) is 3.58. The number of benzene rings is 1. The molecule has 0 N–H and O–H groups in total. The molecule has 6 heteroatoms. The number of methoxy groups -OCH3 is 2. The van der Waals surface area contributed by atoms with Gasteiger partial charge in [-0.3, -0.25) is 4.79 Å². The normalized spacial score (nSPS) is 14.0. The van der Waals surface area contributed by atoms with Crippen LogP contribution in [0.25, 0.3) is 0 Å². The molecule has 1 aromatic heterocycles. The van der Waals surface area contributed by atoms with Gasteiger partial charge in [0.1, 0.15) is 16.4 Å². The van der Waals surface area contributed by atoms with E-state index in [0.29, 0.717) is 22.3 Å². The fourth-order valence-electron chi connectivity index (χ4n) is 2.27. The third kappa shape index (κ3) is 2.90. The predicted molar refractivity (Wildman–Crippen MR) is 79.5 cm³/mol. The van der Waals surface area contributed by atoms with Crippen LogP contribution in [0.1, 0.15) is 39.7 Å². The summed E-state index contributed by atoms with van der Waals surface area (Å²) in [5, 5.41) is 4.11. The van der Waals surface area contributed by atoms with E-state index < -0.39 is 0 Å². The van der Waals surface area contributed by atoms with Gasteiger partial charge in [0.25, 0.3) is 0 Å². The maximum atomic E-state index is 12.5. The predicted octanol–water partition coefficient (Wildman–Crippen LogP) is 2.86. The maximum Gasteiger partial charge on any atom is 0.180 e. The summed E-state index contributed by atoms with van der Waals surface area (Å²) in [6, 6.07) is 5.48. The Hall–Kier alpha value is -1.95. The quantitative estimate of drug-likeness (QED) is 0.768. The number of hydrogen-bond acceptors (Lipinski definition) is 6. The van der Waals surface area contributed by atoms with E-state index in [1.807, 2.05) is 12.1 Å². The summed E-state index contributed by atoms with van der Waals surface area (Å²) < 4.78 is 14.4. The van der Waals surface area contributed by atoms with E-state index in [-0.39, 0.29) is 12.2 Å². The molecule has 0 unspecified atom stereocenters. The maximum absolute atomic E-state index is 12.5. The molecule has 1 heterocycles. The minimum atomic E-state index is 0.0513. The Bertz CT molecular complexity index is 665. The fourth-order valence-corrected chi connectivity index (χ4v) is 2.95. The summed E-state index contributed by atoms with van der Waals surface area (Å²) in [5.74, 6) is 1.85. The van der Waals surface area contributed by atoms with E-state index in [1.165, 1.54) is 11.5 Å². The highest BCUT2D eigenvalue weighted by Gasteiger charge is 2.31. The zero-order valence-electron chi connectivity index (χ0n) is 12.0. The molecule has 0 spiro atoms. The molecule has 0 aliphatic heterocycles. The number of nitrogens with zero attached hydrogens (tertiary/aromatic N) is 2. The van der Waals surface area contributed by atoms with E-state index >= 15 is 0 Å². The lowest BCUT2D eigenvalue weighted by atomic mass is 10.0. The Balaban J connectivity index is 1.82. The topological polar surface area (TPSA) is 61.3 Å². The van der Waals surface area contributed by atoms with Crippen molar-refractivity contribution >= 4 is 17.3 Å². The van der Waals surface area contributed by atoms with Crippen molar-refractivity contribution < 1.29 is 14.3 Å². The van der Waals surface area contributed by atoms with Crippen LogP contribution < -0.4 is 9.47 Å². The van der Waals surface area contributed by atoms with Crippen LogP contribution in [0.15, 0.2) is 18.2 Å². The summed E-state index contributed by atoms with van der Waals surface area (Å²) in [5.41, 5.74) is 1.72. The first-order valence-corrected chi connectivity index (χ1v) is 7.56. The van der Waals surface area contributed by atoms with Crippen LogP contribution in [0.4, 0.5) is 0 Å². The first-order valence-electron chi connectivity index (χ1n) is 6.79. The molecular weight excluding hydrogens is 288 g/mol. The van der Waals surface area contributed by atoms with E-state index in [2.05, 4.69) is 9.59 Å². The van der Waals surface area contributed by atoms with Crippen molar-refractivity contribution in [1.82, 2.24) is 9.59 Å². The van der Waals surface area contributed by atoms with Crippen LogP contribution in [0, 0.1) is 0 Å². The minimum absolute atomic E-state index is 0.0513. The lowest BCUT2D eigenvalue weighted by Gasteiger charge is -2.09. The van der Waals surface area contributed by atoms with Gasteiger partial charge in [-0.25, -0.2) is 0 Å². The summed E-state index contributed by atoms with van der Waals surface area (Å²) in [6.45, 7) is 0. The standard InChI is InChI=1S/C15H16N2O3S/c1-19-11-6-5-10(13(8-11)20-2)7-12(18)15-14(9-3-4-9)16-17-21-15/h5-6,8-9H,3-4,7H2,1-2H3. The molecule has 21 heavy (non-hydrogen) atoms. The van der Waals surface area contributed by atoms with Crippen molar-refractivity contribution in [2.45, 2.75) is 25.2 Å². The van der Waals surface area contributed by atoms with Gasteiger partial charge in [0.15, 0.2) is 5.78 Å². The SMILES string of the molecule is COc1ccc(CC(=O)c2snnc2C2CC2)c(OC)c1. The number of Topliss-reactive ketones (excluding diaryl/α,β-unsaturated/α-hetero) is 1. The van der Waals surface area contributed by atoms with Gasteiger partial charge in [0, 0.05) is 24.0 Å². The molecule has 0 radical (unpaired) electrons. The van der Waals surface area contributed by atoms with Crippen molar-refractivity contribution in [2.24, 2.45) is 0 Å². The van der Waals surface area contributed by atoms with Gasteiger partial charge in [-0.15, -0.1) is 5.10 Å². The largest absolute Gasteiger partial charge is 0.497 e. The van der Waals surface area contributed by atoms with Gasteiger partial charge in [-0.1, -0.05) is 10.6 Å². The average molecular weight is 304 g/mol. The number of ether oxygens (including phenoxy) is 2. The van der Waals surface area contributed by atoms with Crippen LogP contribution in [0.5, 0.6) is 11.5 Å². The molecule has 0 amide bonds. The van der Waals surface area contributed by atoms with E-state index in [4.69, 9.17) is 9.47 Å². The first kappa shape index (κ1) is 14.0. The molecule has 1 aliphatic carbocycles. The Kier molecular flexibility index (Phi) is 3.88. The van der Waals surface area contributed by atoms with Gasteiger partial charge in [-0.2, -0.15) is 0 Å². The molecule has 3 rings (SSSR count). The highest BCUT2D eigenvalue weighted by molar-refractivity contribution is 7.08. The summed E-state index contributed by atoms with van der Waals surface area (Å²) in [4.78, 5) is 13.2. The molecule has 2 aromatic rings. The van der Waals surface area contributed by atoms with Gasteiger partial charge >= 0.3 is 0 Å². The van der Waals surface area contributed by atoms with Crippen molar-refractivity contribution in [3.05, 3.63) is 34.3 Å². The number of aromatic nitrogens is 2. The molecule has 0 atom stereocenters. The second-order valence-corrected chi connectivity index (χ2v) is 5.79. The Labute approximate surface area is 127 Å². The Morgan fingerprint density at radius 1 is 1.33 bits per heavy atom. The van der Waals surface area contributed by atoms with Crippen molar-refractivity contribution in [1.29, 1.82) is 0 Å². The second kappa shape index (κ2) is 5.81. The second-order valence-electron chi connectivity index (χ2n) is 5.04. The molecule has 1 aromatic carbocycles. The van der Waals surface area contributed by atoms with Crippen LogP contribution in [0.3, 0.4) is 0 Å². The highest BCUT2D eigenvalue weighted by Crippen LogP contribution is 2.41. The molecule has 0 saturated heterocycles. The van der Waals surface area contributed by atoms with Crippen molar-refractivity contribution in [3.8, 4) is 11.5 Å². The van der Waals surface area contributed by atoms with Gasteiger partial charge < -0.3 is 9.47 Å². The van der Waals surface area contributed by atoms with Crippen LogP contribution in [-0.4, -0.2) is 29.6 Å².